The van der Waals surface area contributed by atoms with Crippen molar-refractivity contribution in [3.8, 4) is 0 Å². The van der Waals surface area contributed by atoms with Crippen LogP contribution in [0.4, 0.5) is 0 Å². The molecule has 62 heavy (non-hydrogen) atoms. The number of hydrogen-bond donors (Lipinski definition) is 4. The minimum absolute atomic E-state index is 0.0386. The first-order valence-electron chi connectivity index (χ1n) is 25.1. The van der Waals surface area contributed by atoms with Gasteiger partial charge in [0.25, 0.3) is 0 Å². The van der Waals surface area contributed by atoms with E-state index in [1.54, 1.807) is 0 Å². The maximum absolute atomic E-state index is 12.9. The smallest absolute Gasteiger partial charge is 0.397 e. The van der Waals surface area contributed by atoms with E-state index in [-0.39, 0.29) is 19.6 Å². The second-order valence-electron chi connectivity index (χ2n) is 17.4. The molecule has 0 aliphatic carbocycles. The van der Waals surface area contributed by atoms with Crippen LogP contribution in [0.15, 0.2) is 24.3 Å². The molecule has 0 radical (unpaired) electrons. The minimum Gasteiger partial charge on any atom is -0.457 e. The van der Waals surface area contributed by atoms with Gasteiger partial charge >= 0.3 is 16.4 Å². The van der Waals surface area contributed by atoms with Crippen molar-refractivity contribution in [1.82, 2.24) is 0 Å². The third-order valence-electron chi connectivity index (χ3n) is 11.6. The summed E-state index contributed by atoms with van der Waals surface area (Å²) in [4.78, 5) is 12.9. The largest absolute Gasteiger partial charge is 0.457 e. The molecule has 1 aliphatic heterocycles. The lowest BCUT2D eigenvalue weighted by atomic mass is 9.99. The normalized spacial score (nSPS) is 20.1. The molecule has 0 amide bonds. The van der Waals surface area contributed by atoms with Crippen molar-refractivity contribution in [2.75, 3.05) is 26.4 Å². The summed E-state index contributed by atoms with van der Waals surface area (Å²) in [5, 5.41) is 30.7. The highest BCUT2D eigenvalue weighted by Gasteiger charge is 2.48. The number of carbonyl (C=O) groups is 1. The van der Waals surface area contributed by atoms with Gasteiger partial charge in [0, 0.05) is 13.0 Å². The highest BCUT2D eigenvalue weighted by Crippen LogP contribution is 2.26. The summed E-state index contributed by atoms with van der Waals surface area (Å²) >= 11 is 0. The summed E-state index contributed by atoms with van der Waals surface area (Å²) in [7, 11) is -5.06. The number of carbonyl (C=O) groups excluding carboxylic acids is 1. The van der Waals surface area contributed by atoms with E-state index in [9.17, 15) is 33.1 Å². The Labute approximate surface area is 378 Å². The summed E-state index contributed by atoms with van der Waals surface area (Å²) in [6.07, 6.45) is 37.8. The fourth-order valence-electron chi connectivity index (χ4n) is 7.76. The van der Waals surface area contributed by atoms with Crippen LogP contribution in [0.25, 0.3) is 0 Å². The number of hydrogen-bond acceptors (Lipinski definition) is 11. The monoisotopic (exact) mass is 905 g/mol. The zero-order valence-corrected chi connectivity index (χ0v) is 40.0. The van der Waals surface area contributed by atoms with Gasteiger partial charge in [-0.05, 0) is 44.9 Å². The van der Waals surface area contributed by atoms with Crippen LogP contribution in [0.1, 0.15) is 219 Å². The lowest BCUT2D eigenvalue weighted by Crippen LogP contribution is -2.60. The lowest BCUT2D eigenvalue weighted by Gasteiger charge is -2.41. The standard InChI is InChI=1S/C49H92O12S/c1-3-5-7-9-11-13-15-17-19-20-21-22-23-24-25-26-28-30-32-34-36-38-45(51)59-43(41-57-39-37-35-33-31-29-27-18-16-14-12-10-8-6-4-2)42-58-49-47(53)48(61-62(54,55)56)46(52)44(40-50)60-49/h15,17,20-21,43-44,46-50,52-53H,3-14,16,18-19,22-42H2,1-2H3,(H,54,55,56)/b17-15-,21-20-. The van der Waals surface area contributed by atoms with E-state index in [2.05, 4.69) is 42.3 Å². The Kier molecular flexibility index (Phi) is 38.8. The summed E-state index contributed by atoms with van der Waals surface area (Å²) in [6.45, 7) is 4.01. The molecule has 12 nitrogen and oxygen atoms in total. The van der Waals surface area contributed by atoms with Crippen LogP contribution in [-0.2, 0) is 38.3 Å². The third-order valence-corrected chi connectivity index (χ3v) is 12.0. The number of aliphatic hydroxyl groups excluding tert-OH is 3. The van der Waals surface area contributed by atoms with Gasteiger partial charge in [0.15, 0.2) is 6.29 Å². The first-order chi connectivity index (χ1) is 30.1. The molecule has 1 aliphatic rings. The molecule has 0 spiro atoms. The van der Waals surface area contributed by atoms with Crippen LogP contribution in [0.5, 0.6) is 0 Å². The van der Waals surface area contributed by atoms with Gasteiger partial charge in [0.05, 0.1) is 19.8 Å². The highest BCUT2D eigenvalue weighted by atomic mass is 32.3. The van der Waals surface area contributed by atoms with Gasteiger partial charge in [-0.1, -0.05) is 192 Å². The van der Waals surface area contributed by atoms with Crippen LogP contribution in [0.3, 0.4) is 0 Å². The molecule has 0 aromatic carbocycles. The zero-order chi connectivity index (χ0) is 45.4. The van der Waals surface area contributed by atoms with Crippen LogP contribution in [0.2, 0.25) is 0 Å². The minimum atomic E-state index is -5.06. The van der Waals surface area contributed by atoms with Gasteiger partial charge in [0.1, 0.15) is 30.5 Å². The van der Waals surface area contributed by atoms with Gasteiger partial charge in [-0.25, -0.2) is 4.18 Å². The van der Waals surface area contributed by atoms with Crippen molar-refractivity contribution in [3.63, 3.8) is 0 Å². The van der Waals surface area contributed by atoms with Crippen LogP contribution in [0, 0.1) is 0 Å². The van der Waals surface area contributed by atoms with E-state index in [1.165, 1.54) is 141 Å². The third kappa shape index (κ3) is 34.0. The molecular weight excluding hydrogens is 813 g/mol. The molecule has 6 atom stereocenters. The van der Waals surface area contributed by atoms with E-state index in [0.717, 1.165) is 51.4 Å². The second kappa shape index (κ2) is 41.0. The number of ether oxygens (including phenoxy) is 4. The Morgan fingerprint density at radius 1 is 0.613 bits per heavy atom. The summed E-state index contributed by atoms with van der Waals surface area (Å²) in [5.41, 5.74) is 0. The van der Waals surface area contributed by atoms with E-state index in [4.69, 9.17) is 18.9 Å². The van der Waals surface area contributed by atoms with Gasteiger partial charge in [-0.15, -0.1) is 0 Å². The Balaban J connectivity index is 2.36. The topological polar surface area (TPSA) is 178 Å². The van der Waals surface area contributed by atoms with Crippen molar-refractivity contribution in [2.45, 2.75) is 256 Å². The Hall–Kier alpha value is -1.42. The number of allylic oxidation sites excluding steroid dienone is 4. The average Bonchev–Trinajstić information content (AvgIpc) is 3.24. The Morgan fingerprint density at radius 3 is 1.53 bits per heavy atom. The number of rotatable bonds is 44. The van der Waals surface area contributed by atoms with Crippen molar-refractivity contribution in [3.05, 3.63) is 24.3 Å². The molecular formula is C49H92O12S. The summed E-state index contributed by atoms with van der Waals surface area (Å²) in [6, 6.07) is 0. The molecule has 6 unspecified atom stereocenters. The van der Waals surface area contributed by atoms with E-state index >= 15 is 0 Å². The van der Waals surface area contributed by atoms with Gasteiger partial charge in [0.2, 0.25) is 0 Å². The SMILES string of the molecule is CCCCCCC/C=C\C/C=C\CCCCCCCCCCCC(=O)OC(COCCCCCCCCCCCCCCCC)COC1OC(CO)C(O)C(OS(=O)(=O)O)C1O. The van der Waals surface area contributed by atoms with E-state index in [1.807, 2.05) is 0 Å². The van der Waals surface area contributed by atoms with Gasteiger partial charge in [-0.3, -0.25) is 9.35 Å². The first kappa shape index (κ1) is 58.6. The molecule has 1 rings (SSSR count). The highest BCUT2D eigenvalue weighted by molar-refractivity contribution is 7.80. The molecule has 0 aromatic heterocycles. The predicted octanol–water partition coefficient (Wildman–Crippen LogP) is 11.2. The van der Waals surface area contributed by atoms with Crippen molar-refractivity contribution in [1.29, 1.82) is 0 Å². The maximum Gasteiger partial charge on any atom is 0.397 e. The van der Waals surface area contributed by atoms with Crippen molar-refractivity contribution >= 4 is 16.4 Å². The maximum atomic E-state index is 12.9. The molecule has 0 aromatic rings. The van der Waals surface area contributed by atoms with Crippen molar-refractivity contribution < 1.29 is 56.2 Å². The Bertz CT molecular complexity index is 1180. The quantitative estimate of drug-likeness (QED) is 0.0197. The fraction of sp³-hybridized carbons (Fsp3) is 0.898. The Morgan fingerprint density at radius 2 is 1.06 bits per heavy atom. The summed E-state index contributed by atoms with van der Waals surface area (Å²) < 4.78 is 59.2. The number of unbranched alkanes of at least 4 members (excludes halogenated alkanes) is 27. The van der Waals surface area contributed by atoms with Crippen LogP contribution >= 0.6 is 0 Å². The van der Waals surface area contributed by atoms with Crippen molar-refractivity contribution in [2.24, 2.45) is 0 Å². The fourth-order valence-corrected chi connectivity index (χ4v) is 8.27. The molecule has 1 saturated heterocycles. The van der Waals surface area contributed by atoms with Gasteiger partial charge in [-0.2, -0.15) is 8.42 Å². The summed E-state index contributed by atoms with van der Waals surface area (Å²) in [5.74, 6) is -0.400. The van der Waals surface area contributed by atoms with Gasteiger partial charge < -0.3 is 34.3 Å². The first-order valence-corrected chi connectivity index (χ1v) is 26.5. The molecule has 13 heteroatoms. The number of esters is 1. The van der Waals surface area contributed by atoms with Crippen LogP contribution in [-0.4, -0.2) is 97.5 Å². The molecule has 1 heterocycles. The molecule has 0 saturated carbocycles. The average molecular weight is 905 g/mol. The molecule has 1 fully saturated rings. The zero-order valence-electron chi connectivity index (χ0n) is 39.2. The molecule has 4 N–H and O–H groups in total. The van der Waals surface area contributed by atoms with E-state index in [0.29, 0.717) is 13.0 Å². The van der Waals surface area contributed by atoms with Crippen LogP contribution < -0.4 is 0 Å². The molecule has 366 valence electrons. The lowest BCUT2D eigenvalue weighted by molar-refractivity contribution is -0.301. The number of aliphatic hydroxyl groups is 3. The molecule has 0 bridgehead atoms. The van der Waals surface area contributed by atoms with E-state index < -0.39 is 59.8 Å². The predicted molar refractivity (Wildman–Crippen MR) is 248 cm³/mol. The second-order valence-corrected chi connectivity index (χ2v) is 18.5.